The standard InChI is InChI=1S/C24H30N2O7/c1-2-32-19(28)10-11-26-23(30)16-9-8-15-17(25-33-13-14-6-4-3-5-7-14)12-18(27)22(29)20(15)21(16)24(26)31/h3-7,15-16,18,20-22,27,29H,2,8-13H2,1H3/t15-,16+,18+,20-,21-,22+/m0/s1. The molecule has 4 rings (SSSR count). The highest BCUT2D eigenvalue weighted by Crippen LogP contribution is 2.49. The first kappa shape index (κ1) is 23.4. The molecule has 178 valence electrons. The molecular weight excluding hydrogens is 428 g/mol. The summed E-state index contributed by atoms with van der Waals surface area (Å²) in [5, 5.41) is 25.6. The highest BCUT2D eigenvalue weighted by molar-refractivity contribution is 6.06. The SMILES string of the molecule is CCOC(=O)CCN1C(=O)[C@@H]2[C@H]3[C@H](O)[C@H](O)CC(=NOCc4ccccc4)[C@@H]3CC[C@H]2C1=O. The van der Waals surface area contributed by atoms with Gasteiger partial charge in [-0.25, -0.2) is 0 Å². The first-order valence-corrected chi connectivity index (χ1v) is 11.5. The lowest BCUT2D eigenvalue weighted by Gasteiger charge is -2.45. The fourth-order valence-corrected chi connectivity index (χ4v) is 5.46. The molecule has 2 aliphatic carbocycles. The van der Waals surface area contributed by atoms with E-state index in [0.29, 0.717) is 18.6 Å². The van der Waals surface area contributed by atoms with E-state index in [1.54, 1.807) is 6.92 Å². The van der Waals surface area contributed by atoms with Crippen molar-refractivity contribution in [2.24, 2.45) is 28.8 Å². The van der Waals surface area contributed by atoms with Crippen molar-refractivity contribution < 1.29 is 34.2 Å². The van der Waals surface area contributed by atoms with Gasteiger partial charge in [-0.05, 0) is 25.3 Å². The first-order chi connectivity index (χ1) is 15.9. The molecule has 0 aromatic heterocycles. The normalized spacial score (nSPS) is 32.5. The van der Waals surface area contributed by atoms with Gasteiger partial charge in [0.2, 0.25) is 11.8 Å². The van der Waals surface area contributed by atoms with Gasteiger partial charge in [0, 0.05) is 24.8 Å². The predicted molar refractivity (Wildman–Crippen MR) is 116 cm³/mol. The number of aliphatic hydroxyl groups excluding tert-OH is 2. The molecular formula is C24H30N2O7. The van der Waals surface area contributed by atoms with E-state index in [1.165, 1.54) is 0 Å². The number of rotatable bonds is 7. The molecule has 1 aromatic carbocycles. The average molecular weight is 459 g/mol. The Balaban J connectivity index is 1.50. The fourth-order valence-electron chi connectivity index (χ4n) is 5.46. The van der Waals surface area contributed by atoms with Gasteiger partial charge in [-0.2, -0.15) is 0 Å². The quantitative estimate of drug-likeness (QED) is 0.358. The third-order valence-corrected chi connectivity index (χ3v) is 6.97. The first-order valence-electron chi connectivity index (χ1n) is 11.5. The minimum absolute atomic E-state index is 0.0410. The van der Waals surface area contributed by atoms with Crippen LogP contribution in [0.25, 0.3) is 0 Å². The van der Waals surface area contributed by atoms with Crippen molar-refractivity contribution in [3.05, 3.63) is 35.9 Å². The Morgan fingerprint density at radius 2 is 1.85 bits per heavy atom. The number of carbonyl (C=O) groups excluding carboxylic acids is 3. The van der Waals surface area contributed by atoms with E-state index in [-0.39, 0.29) is 44.4 Å². The molecule has 0 spiro atoms. The van der Waals surface area contributed by atoms with Gasteiger partial charge in [-0.15, -0.1) is 0 Å². The van der Waals surface area contributed by atoms with Crippen LogP contribution in [0.2, 0.25) is 0 Å². The van der Waals surface area contributed by atoms with Crippen LogP contribution in [0.15, 0.2) is 35.5 Å². The number of fused-ring (bicyclic) bond motifs is 3. The number of carbonyl (C=O) groups is 3. The summed E-state index contributed by atoms with van der Waals surface area (Å²) < 4.78 is 4.90. The predicted octanol–water partition coefficient (Wildman–Crippen LogP) is 1.27. The lowest BCUT2D eigenvalue weighted by atomic mass is 9.60. The van der Waals surface area contributed by atoms with Crippen molar-refractivity contribution in [1.29, 1.82) is 0 Å². The highest BCUT2D eigenvalue weighted by Gasteiger charge is 2.59. The second kappa shape index (κ2) is 10.0. The highest BCUT2D eigenvalue weighted by atomic mass is 16.6. The second-order valence-corrected chi connectivity index (χ2v) is 8.88. The molecule has 0 bridgehead atoms. The monoisotopic (exact) mass is 458 g/mol. The molecule has 1 aliphatic heterocycles. The van der Waals surface area contributed by atoms with Crippen LogP contribution in [0.5, 0.6) is 0 Å². The molecule has 3 aliphatic rings. The van der Waals surface area contributed by atoms with Gasteiger partial charge >= 0.3 is 5.97 Å². The van der Waals surface area contributed by atoms with Gasteiger partial charge in [0.25, 0.3) is 0 Å². The van der Waals surface area contributed by atoms with Crippen molar-refractivity contribution >= 4 is 23.5 Å². The number of imide groups is 1. The summed E-state index contributed by atoms with van der Waals surface area (Å²) in [7, 11) is 0. The summed E-state index contributed by atoms with van der Waals surface area (Å²) in [6, 6.07) is 9.55. The molecule has 2 N–H and O–H groups in total. The Labute approximate surface area is 192 Å². The van der Waals surface area contributed by atoms with E-state index >= 15 is 0 Å². The molecule has 0 unspecified atom stereocenters. The lowest BCUT2D eigenvalue weighted by Crippen LogP contribution is -2.54. The number of aliphatic hydroxyl groups is 2. The molecule has 3 fully saturated rings. The number of hydrogen-bond donors (Lipinski definition) is 2. The zero-order valence-electron chi connectivity index (χ0n) is 18.6. The molecule has 9 heteroatoms. The summed E-state index contributed by atoms with van der Waals surface area (Å²) in [5.74, 6) is -3.39. The van der Waals surface area contributed by atoms with Gasteiger partial charge in [0.05, 0.1) is 42.8 Å². The van der Waals surface area contributed by atoms with Crippen molar-refractivity contribution in [1.82, 2.24) is 4.90 Å². The van der Waals surface area contributed by atoms with Gasteiger partial charge in [-0.1, -0.05) is 35.5 Å². The molecule has 1 aromatic rings. The minimum Gasteiger partial charge on any atom is -0.466 e. The van der Waals surface area contributed by atoms with Gasteiger partial charge < -0.3 is 19.8 Å². The van der Waals surface area contributed by atoms with Gasteiger partial charge in [-0.3, -0.25) is 19.3 Å². The largest absolute Gasteiger partial charge is 0.466 e. The second-order valence-electron chi connectivity index (χ2n) is 8.88. The van der Waals surface area contributed by atoms with Crippen LogP contribution in [0.4, 0.5) is 0 Å². The Bertz CT molecular complexity index is 919. The molecule has 2 amide bonds. The maximum absolute atomic E-state index is 13.2. The van der Waals surface area contributed by atoms with Gasteiger partial charge in [0.15, 0.2) is 0 Å². The maximum atomic E-state index is 13.2. The smallest absolute Gasteiger partial charge is 0.307 e. The Kier molecular flexibility index (Phi) is 7.09. The number of hydrogen-bond acceptors (Lipinski definition) is 8. The van der Waals surface area contributed by atoms with Crippen LogP contribution < -0.4 is 0 Å². The number of ether oxygens (including phenoxy) is 1. The average Bonchev–Trinajstić information content (AvgIpc) is 3.06. The third kappa shape index (κ3) is 4.65. The summed E-state index contributed by atoms with van der Waals surface area (Å²) in [6.07, 6.45) is -1.10. The van der Waals surface area contributed by atoms with Crippen LogP contribution >= 0.6 is 0 Å². The van der Waals surface area contributed by atoms with Gasteiger partial charge in [0.1, 0.15) is 6.61 Å². The van der Waals surface area contributed by atoms with Crippen molar-refractivity contribution in [2.75, 3.05) is 13.2 Å². The number of esters is 1. The van der Waals surface area contributed by atoms with E-state index in [1.807, 2.05) is 30.3 Å². The van der Waals surface area contributed by atoms with Crippen LogP contribution in [-0.4, -0.2) is 64.0 Å². The molecule has 2 saturated carbocycles. The zero-order valence-corrected chi connectivity index (χ0v) is 18.6. The Morgan fingerprint density at radius 1 is 1.12 bits per heavy atom. The maximum Gasteiger partial charge on any atom is 0.307 e. The molecule has 1 heterocycles. The number of oxime groups is 1. The topological polar surface area (TPSA) is 126 Å². The van der Waals surface area contributed by atoms with E-state index in [9.17, 15) is 24.6 Å². The van der Waals surface area contributed by atoms with Crippen LogP contribution in [0.1, 0.15) is 38.2 Å². The Hall–Kier alpha value is -2.78. The fraction of sp³-hybridized carbons (Fsp3) is 0.583. The summed E-state index contributed by atoms with van der Waals surface area (Å²) in [4.78, 5) is 44.6. The molecule has 9 nitrogen and oxygen atoms in total. The molecule has 6 atom stereocenters. The van der Waals surface area contributed by atoms with Crippen molar-refractivity contribution in [3.63, 3.8) is 0 Å². The zero-order chi connectivity index (χ0) is 23.5. The Morgan fingerprint density at radius 3 is 2.58 bits per heavy atom. The number of likely N-dealkylation sites (tertiary alicyclic amines) is 1. The number of amides is 2. The van der Waals surface area contributed by atoms with Crippen LogP contribution in [-0.2, 0) is 30.6 Å². The molecule has 1 saturated heterocycles. The van der Waals surface area contributed by atoms with E-state index in [4.69, 9.17) is 9.57 Å². The molecule has 0 radical (unpaired) electrons. The summed E-state index contributed by atoms with van der Waals surface area (Å²) >= 11 is 0. The van der Waals surface area contributed by atoms with E-state index in [0.717, 1.165) is 10.5 Å². The van der Waals surface area contributed by atoms with E-state index < -0.39 is 41.8 Å². The van der Waals surface area contributed by atoms with Crippen molar-refractivity contribution in [2.45, 2.75) is 51.4 Å². The molecule has 33 heavy (non-hydrogen) atoms. The lowest BCUT2D eigenvalue weighted by molar-refractivity contribution is -0.145. The van der Waals surface area contributed by atoms with Crippen LogP contribution in [0.3, 0.4) is 0 Å². The third-order valence-electron chi connectivity index (χ3n) is 6.97. The number of nitrogens with zero attached hydrogens (tertiary/aromatic N) is 2. The summed E-state index contributed by atoms with van der Waals surface area (Å²) in [6.45, 7) is 2.15. The minimum atomic E-state index is -1.14. The number of benzene rings is 1. The van der Waals surface area contributed by atoms with Crippen molar-refractivity contribution in [3.8, 4) is 0 Å². The van der Waals surface area contributed by atoms with Crippen LogP contribution in [0, 0.1) is 23.7 Å². The van der Waals surface area contributed by atoms with E-state index in [2.05, 4.69) is 5.16 Å². The summed E-state index contributed by atoms with van der Waals surface area (Å²) in [5.41, 5.74) is 1.56.